The van der Waals surface area contributed by atoms with E-state index in [0.29, 0.717) is 11.5 Å². The summed E-state index contributed by atoms with van der Waals surface area (Å²) in [5, 5.41) is 5.24. The van der Waals surface area contributed by atoms with Crippen molar-refractivity contribution in [3.8, 4) is 22.5 Å². The van der Waals surface area contributed by atoms with Gasteiger partial charge in [-0.15, -0.1) is 28.4 Å². The highest BCUT2D eigenvalue weighted by Gasteiger charge is 2.31. The van der Waals surface area contributed by atoms with Crippen LogP contribution in [0.15, 0.2) is 146 Å². The minimum atomic E-state index is -1.97. The second kappa shape index (κ2) is 20.8. The van der Waals surface area contributed by atoms with E-state index >= 15 is 0 Å². The molecule has 56 heavy (non-hydrogen) atoms. The molecule has 0 N–H and O–H groups in total. The Morgan fingerprint density at radius 2 is 1.38 bits per heavy atom. The lowest BCUT2D eigenvalue weighted by Crippen LogP contribution is -2.32. The zero-order valence-electron chi connectivity index (χ0n) is 33.3. The molecule has 0 unspecified atom stereocenters. The van der Waals surface area contributed by atoms with Crippen LogP contribution in [0.4, 0.5) is 5.69 Å². The molecule has 0 spiro atoms. The van der Waals surface area contributed by atoms with E-state index in [0.717, 1.165) is 102 Å². The second-order valence-corrected chi connectivity index (χ2v) is 19.6. The summed E-state index contributed by atoms with van der Waals surface area (Å²) >= 11 is 3.83. The van der Waals surface area contributed by atoms with E-state index < -0.39 is 10.3 Å². The Labute approximate surface area is 343 Å². The van der Waals surface area contributed by atoms with Crippen LogP contribution in [0.5, 0.6) is 0 Å². The average molecular weight is 807 g/mol. The van der Waals surface area contributed by atoms with Crippen LogP contribution in [0.2, 0.25) is 0 Å². The summed E-state index contributed by atoms with van der Waals surface area (Å²) in [6.07, 6.45) is 4.27. The number of rotatable bonds is 21. The monoisotopic (exact) mass is 806 g/mol. The normalized spacial score (nSPS) is 12.5. The van der Waals surface area contributed by atoms with E-state index in [4.69, 9.17) is 8.70 Å². The van der Waals surface area contributed by atoms with E-state index in [1.165, 1.54) is 20.8 Å². The van der Waals surface area contributed by atoms with Gasteiger partial charge in [0.2, 0.25) is 5.36 Å². The Hall–Kier alpha value is -4.18. The number of anilines is 1. The highest BCUT2D eigenvalue weighted by molar-refractivity contribution is 8.29. The molecule has 0 saturated heterocycles. The SMILES string of the molecule is CCCN(CCCSc1ccccc1)c1ccc2c(-c3ccccc3S(CC)(CC)ON=O)c3ccc(=[N+](CCC)CCCSc4ccccc4)cc-3oc2c1. The number of hydrogen-bond acceptors (Lipinski definition) is 7. The van der Waals surface area contributed by atoms with Gasteiger partial charge < -0.3 is 13.6 Å². The predicted molar refractivity (Wildman–Crippen MR) is 243 cm³/mol. The lowest BCUT2D eigenvalue weighted by Gasteiger charge is -2.35. The van der Waals surface area contributed by atoms with Crippen LogP contribution in [0, 0.1) is 4.91 Å². The van der Waals surface area contributed by atoms with Gasteiger partial charge in [-0.05, 0) is 83.0 Å². The van der Waals surface area contributed by atoms with Crippen molar-refractivity contribution in [1.82, 2.24) is 4.58 Å². The molecule has 6 nitrogen and oxygen atoms in total. The van der Waals surface area contributed by atoms with Crippen molar-refractivity contribution < 1.29 is 8.70 Å². The van der Waals surface area contributed by atoms with E-state index in [-0.39, 0.29) is 0 Å². The molecule has 0 fully saturated rings. The molecule has 2 aliphatic rings. The van der Waals surface area contributed by atoms with Gasteiger partial charge >= 0.3 is 0 Å². The highest BCUT2D eigenvalue weighted by Crippen LogP contribution is 2.60. The molecule has 1 heterocycles. The van der Waals surface area contributed by atoms with Crippen molar-refractivity contribution in [3.63, 3.8) is 0 Å². The molecule has 0 bridgehead atoms. The summed E-state index contributed by atoms with van der Waals surface area (Å²) in [4.78, 5) is 17.9. The summed E-state index contributed by atoms with van der Waals surface area (Å²) in [6.45, 7) is 12.6. The lowest BCUT2D eigenvalue weighted by atomic mass is 9.93. The van der Waals surface area contributed by atoms with Gasteiger partial charge in [0.25, 0.3) is 0 Å². The molecule has 0 saturated carbocycles. The Morgan fingerprint density at radius 1 is 0.696 bits per heavy atom. The Balaban J connectivity index is 1.44. The fraction of sp³-hybridized carbons (Fsp3) is 0.340. The molecule has 0 radical (unpaired) electrons. The first-order valence-electron chi connectivity index (χ1n) is 20.1. The van der Waals surface area contributed by atoms with E-state index in [1.54, 1.807) is 0 Å². The third-order valence-electron chi connectivity index (χ3n) is 10.2. The maximum Gasteiger partial charge on any atom is 0.203 e. The highest BCUT2D eigenvalue weighted by atomic mass is 32.3. The van der Waals surface area contributed by atoms with Crippen molar-refractivity contribution in [3.05, 3.63) is 132 Å². The van der Waals surface area contributed by atoms with E-state index in [1.807, 2.05) is 29.6 Å². The summed E-state index contributed by atoms with van der Waals surface area (Å²) in [5.41, 5.74) is 5.22. The van der Waals surface area contributed by atoms with Crippen LogP contribution in [0.1, 0.15) is 53.4 Å². The minimum Gasteiger partial charge on any atom is -0.456 e. The summed E-state index contributed by atoms with van der Waals surface area (Å²) in [5.74, 6) is 4.35. The first-order chi connectivity index (χ1) is 27.5. The van der Waals surface area contributed by atoms with E-state index in [2.05, 4.69) is 158 Å². The van der Waals surface area contributed by atoms with Gasteiger partial charge in [0.15, 0.2) is 5.34 Å². The van der Waals surface area contributed by atoms with Crippen LogP contribution in [-0.2, 0) is 4.28 Å². The van der Waals surface area contributed by atoms with Crippen molar-refractivity contribution in [2.24, 2.45) is 5.34 Å². The van der Waals surface area contributed by atoms with Crippen LogP contribution in [-0.4, -0.2) is 49.2 Å². The van der Waals surface area contributed by atoms with Crippen molar-refractivity contribution >= 4 is 50.5 Å². The minimum absolute atomic E-state index is 0.691. The molecule has 4 aromatic carbocycles. The van der Waals surface area contributed by atoms with Crippen molar-refractivity contribution in [1.29, 1.82) is 0 Å². The molecular formula is C47H56N3O3S3+. The van der Waals surface area contributed by atoms with Crippen LogP contribution in [0.3, 0.4) is 0 Å². The smallest absolute Gasteiger partial charge is 0.203 e. The Morgan fingerprint density at radius 3 is 2.04 bits per heavy atom. The molecule has 6 rings (SSSR count). The number of hydrogen-bond donors (Lipinski definition) is 0. The maximum absolute atomic E-state index is 11.7. The summed E-state index contributed by atoms with van der Waals surface area (Å²) in [7, 11) is -1.97. The quantitative estimate of drug-likeness (QED) is 0.0180. The molecule has 1 aliphatic carbocycles. The zero-order chi connectivity index (χ0) is 39.2. The zero-order valence-corrected chi connectivity index (χ0v) is 35.8. The summed E-state index contributed by atoms with van der Waals surface area (Å²) in [6, 6.07) is 43.2. The molecular weight excluding hydrogens is 751 g/mol. The van der Waals surface area contributed by atoms with Crippen LogP contribution in [0.25, 0.3) is 33.4 Å². The fourth-order valence-corrected chi connectivity index (χ4v) is 11.5. The van der Waals surface area contributed by atoms with Crippen molar-refractivity contribution in [2.75, 3.05) is 54.1 Å². The molecule has 0 aromatic heterocycles. The van der Waals surface area contributed by atoms with Gasteiger partial charge in [-0.1, -0.05) is 82.3 Å². The number of thioether (sulfide) groups is 2. The molecule has 0 atom stereocenters. The predicted octanol–water partition coefficient (Wildman–Crippen LogP) is 12.8. The average Bonchev–Trinajstić information content (AvgIpc) is 3.24. The van der Waals surface area contributed by atoms with Gasteiger partial charge in [-0.2, -0.15) is 0 Å². The summed E-state index contributed by atoms with van der Waals surface area (Å²) < 4.78 is 15.3. The topological polar surface area (TPSA) is 58.0 Å². The molecule has 1 aliphatic heterocycles. The van der Waals surface area contributed by atoms with Crippen molar-refractivity contribution in [2.45, 2.75) is 68.1 Å². The molecule has 294 valence electrons. The fourth-order valence-electron chi connectivity index (χ4n) is 7.47. The third-order valence-corrected chi connectivity index (χ3v) is 15.8. The second-order valence-electron chi connectivity index (χ2n) is 13.9. The molecule has 0 amide bonds. The van der Waals surface area contributed by atoms with E-state index in [9.17, 15) is 4.91 Å². The number of nitrogens with zero attached hydrogens (tertiary/aromatic N) is 3. The van der Waals surface area contributed by atoms with Gasteiger partial charge in [-0.25, -0.2) is 4.58 Å². The number of fused-ring (bicyclic) bond motifs is 2. The third kappa shape index (κ3) is 10.0. The first kappa shape index (κ1) is 41.5. The standard InChI is InChI=1S/C47H56N3O3S3/c1-5-29-49(31-17-33-54-39-19-11-9-12-20-39)37-25-27-41-44(35-37)52-45-36-38(50(30-6-2)32-18-34-55-40-21-13-10-14-22-40)26-28-42(45)47(41)43-23-15-16-24-46(43)56(7-3,8-4)53-48-51/h9-16,19-28,35-36H,5-8,17-18,29-34H2,1-4H3/q+1. The molecule has 9 heteroatoms. The van der Waals surface area contributed by atoms with Gasteiger partial charge in [0.1, 0.15) is 24.4 Å². The van der Waals surface area contributed by atoms with Crippen LogP contribution < -0.4 is 14.8 Å². The maximum atomic E-state index is 11.7. The Bertz CT molecular complexity index is 2190. The largest absolute Gasteiger partial charge is 0.456 e. The number of benzene rings is 5. The van der Waals surface area contributed by atoms with Crippen LogP contribution >= 0.6 is 33.8 Å². The Kier molecular flexibility index (Phi) is 15.4. The molecule has 4 aromatic rings. The first-order valence-corrected chi connectivity index (χ1v) is 24.0. The van der Waals surface area contributed by atoms with Gasteiger partial charge in [0.05, 0.1) is 6.07 Å². The van der Waals surface area contributed by atoms with Gasteiger partial charge in [-0.3, -0.25) is 0 Å². The van der Waals surface area contributed by atoms with Gasteiger partial charge in [0, 0.05) is 92.2 Å². The lowest BCUT2D eigenvalue weighted by molar-refractivity contribution is 0.377.